The van der Waals surface area contributed by atoms with Crippen molar-refractivity contribution >= 4 is 22.5 Å². The van der Waals surface area contributed by atoms with Crippen LogP contribution in [0.15, 0.2) is 133 Å². The molecule has 0 amide bonds. The quantitative estimate of drug-likeness (QED) is 0.198. The lowest BCUT2D eigenvalue weighted by atomic mass is 9.96. The molecule has 1 heteroatoms. The van der Waals surface area contributed by atoms with E-state index in [4.69, 9.17) is 0 Å². The minimum atomic E-state index is 0.974. The lowest BCUT2D eigenvalue weighted by Gasteiger charge is -2.09. The van der Waals surface area contributed by atoms with Gasteiger partial charge in [0.15, 0.2) is 0 Å². The van der Waals surface area contributed by atoms with Gasteiger partial charge in [0.05, 0.1) is 0 Å². The Hall–Kier alpha value is -3.73. The van der Waals surface area contributed by atoms with Crippen molar-refractivity contribution < 1.29 is 0 Å². The van der Waals surface area contributed by atoms with Crippen LogP contribution in [0.4, 0.5) is 0 Å². The largest absolute Gasteiger partial charge is 0.169 e. The van der Waals surface area contributed by atoms with Gasteiger partial charge in [-0.2, -0.15) is 11.8 Å². The number of thioether (sulfide) groups is 1. The van der Waals surface area contributed by atoms with Crippen LogP contribution >= 0.6 is 11.8 Å². The van der Waals surface area contributed by atoms with Gasteiger partial charge < -0.3 is 0 Å². The summed E-state index contributed by atoms with van der Waals surface area (Å²) in [6.45, 7) is 28.5. The Morgan fingerprint density at radius 2 is 1.39 bits per heavy atom. The van der Waals surface area contributed by atoms with E-state index in [9.17, 15) is 0 Å². The standard InChI is InChI=1S/C14H14.C14H18.C9H12.C2H6S.2C2H6.C2H2/c1-11(2)10-13-8-5-7-12-6-3-4-9-14(12)13;1-4-8-14(11-12(2)3)13-9-6-5-7-10-13;1-7-4-5-8(2)9(3)6-7;1-3-2;3*1-2/h3-9H,1,10H2,2H3;4-9H,2,10-11H2,1,3H3;4-6H,1-3H3;1-2H3;2*1-2H3;1-2H/b;8-4-,14-13+;;;;;. The number of allylic oxidation sites excluding steroid dienone is 10. The highest BCUT2D eigenvalue weighted by atomic mass is 32.2. The molecule has 0 heterocycles. The number of fused-ring (bicyclic) bond motifs is 1. The molecule has 0 radical (unpaired) electrons. The second kappa shape index (κ2) is 31.3. The molecule has 0 spiro atoms. The van der Waals surface area contributed by atoms with E-state index in [2.05, 4.69) is 165 Å². The Balaban J connectivity index is -0.000000544. The summed E-state index contributed by atoms with van der Waals surface area (Å²) in [6.07, 6.45) is 27.9. The average molecular weight is 637 g/mol. The van der Waals surface area contributed by atoms with Crippen LogP contribution in [0.25, 0.3) is 10.8 Å². The molecular weight excluding hydrogens is 573 g/mol. The number of aryl methyl sites for hydroxylation is 3. The van der Waals surface area contributed by atoms with Crippen LogP contribution in [0.2, 0.25) is 0 Å². The molecular formula is C45H64S. The number of hydrogen-bond acceptors (Lipinski definition) is 1. The first kappa shape index (κ1) is 46.7. The molecule has 0 nitrogen and oxygen atoms in total. The van der Waals surface area contributed by atoms with E-state index in [0.29, 0.717) is 0 Å². The first-order chi connectivity index (χ1) is 22.1. The summed E-state index contributed by atoms with van der Waals surface area (Å²) in [5.74, 6) is 0. The van der Waals surface area contributed by atoms with Crippen LogP contribution in [-0.2, 0) is 6.42 Å². The Morgan fingerprint density at radius 1 is 0.804 bits per heavy atom. The van der Waals surface area contributed by atoms with Gasteiger partial charge >= 0.3 is 0 Å². The van der Waals surface area contributed by atoms with Gasteiger partial charge in [-0.15, -0.1) is 12.8 Å². The highest BCUT2D eigenvalue weighted by Gasteiger charge is 2.02. The number of rotatable bonds is 5. The van der Waals surface area contributed by atoms with Crippen molar-refractivity contribution in [2.45, 2.75) is 88.5 Å². The van der Waals surface area contributed by atoms with E-state index in [-0.39, 0.29) is 0 Å². The Kier molecular flexibility index (Phi) is 31.7. The molecule has 0 N–H and O–H groups in total. The topological polar surface area (TPSA) is 0 Å². The van der Waals surface area contributed by atoms with Gasteiger partial charge in [-0.25, -0.2) is 0 Å². The molecule has 0 saturated carbocycles. The van der Waals surface area contributed by atoms with Crippen molar-refractivity contribution in [1.82, 2.24) is 0 Å². The van der Waals surface area contributed by atoms with E-state index < -0.39 is 0 Å². The van der Waals surface area contributed by atoms with Gasteiger partial charge in [-0.05, 0) is 112 Å². The van der Waals surface area contributed by atoms with Crippen LogP contribution in [0, 0.1) is 33.6 Å². The molecule has 0 saturated heterocycles. The molecule has 0 unspecified atom stereocenters. The van der Waals surface area contributed by atoms with Crippen LogP contribution in [0.3, 0.4) is 0 Å². The Labute approximate surface area is 290 Å². The first-order valence-electron chi connectivity index (χ1n) is 16.3. The van der Waals surface area contributed by atoms with Crippen LogP contribution in [0.5, 0.6) is 0 Å². The zero-order valence-corrected chi connectivity index (χ0v) is 32.2. The van der Waals surface area contributed by atoms with E-state index in [1.807, 2.05) is 40.2 Å². The average Bonchev–Trinajstić information content (AvgIpc) is 3.07. The Morgan fingerprint density at radius 3 is 1.87 bits per heavy atom. The SMILES string of the molecule is C#C.C=C(C)CC(/C=C\C)=C1\C=CC=CC1.C=C(C)Cc1cccc2ccccc12.CC.CC.CSC.Cc1ccc(C)c(C)c1. The molecule has 4 rings (SSSR count). The smallest absolute Gasteiger partial charge is 0.00664 e. The summed E-state index contributed by atoms with van der Waals surface area (Å²) in [4.78, 5) is 0. The van der Waals surface area contributed by atoms with E-state index in [1.165, 1.54) is 55.3 Å². The first-order valence-corrected chi connectivity index (χ1v) is 18.0. The van der Waals surface area contributed by atoms with Crippen molar-refractivity contribution in [3.8, 4) is 12.8 Å². The van der Waals surface area contributed by atoms with Gasteiger partial charge in [0.1, 0.15) is 0 Å². The third-order valence-electron chi connectivity index (χ3n) is 6.19. The maximum atomic E-state index is 4.00. The molecule has 3 aromatic carbocycles. The normalized spacial score (nSPS) is 11.5. The van der Waals surface area contributed by atoms with Crippen molar-refractivity contribution in [2.75, 3.05) is 12.5 Å². The van der Waals surface area contributed by atoms with Gasteiger partial charge in [0.25, 0.3) is 0 Å². The molecule has 46 heavy (non-hydrogen) atoms. The summed E-state index contributed by atoms with van der Waals surface area (Å²) in [7, 11) is 0. The highest BCUT2D eigenvalue weighted by Crippen LogP contribution is 2.22. The Bertz CT molecular complexity index is 1380. The highest BCUT2D eigenvalue weighted by molar-refractivity contribution is 7.97. The van der Waals surface area contributed by atoms with Gasteiger partial charge in [-0.3, -0.25) is 0 Å². The molecule has 250 valence electrons. The molecule has 0 bridgehead atoms. The minimum absolute atomic E-state index is 0.974. The lowest BCUT2D eigenvalue weighted by molar-refractivity contribution is 1.10. The monoisotopic (exact) mass is 636 g/mol. The molecule has 0 aliphatic heterocycles. The van der Waals surface area contributed by atoms with Crippen molar-refractivity contribution in [3.05, 3.63) is 155 Å². The number of terminal acetylenes is 1. The van der Waals surface area contributed by atoms with Crippen LogP contribution in [-0.4, -0.2) is 12.5 Å². The summed E-state index contributed by atoms with van der Waals surface area (Å²) in [6, 6.07) is 21.4. The van der Waals surface area contributed by atoms with E-state index in [0.717, 1.165) is 19.3 Å². The van der Waals surface area contributed by atoms with Gasteiger partial charge in [0, 0.05) is 0 Å². The third-order valence-corrected chi connectivity index (χ3v) is 6.19. The van der Waals surface area contributed by atoms with Crippen LogP contribution in [0.1, 0.15) is 83.6 Å². The fourth-order valence-corrected chi connectivity index (χ4v) is 4.22. The van der Waals surface area contributed by atoms with Crippen molar-refractivity contribution in [1.29, 1.82) is 0 Å². The molecule has 1 aliphatic carbocycles. The second-order valence-electron chi connectivity index (χ2n) is 10.4. The third kappa shape index (κ3) is 21.9. The van der Waals surface area contributed by atoms with E-state index >= 15 is 0 Å². The van der Waals surface area contributed by atoms with Crippen LogP contribution < -0.4 is 0 Å². The van der Waals surface area contributed by atoms with E-state index in [1.54, 1.807) is 11.8 Å². The molecule has 0 fully saturated rings. The summed E-state index contributed by atoms with van der Waals surface area (Å²) >= 11 is 1.75. The molecule has 0 atom stereocenters. The van der Waals surface area contributed by atoms with Crippen molar-refractivity contribution in [3.63, 3.8) is 0 Å². The summed E-state index contributed by atoms with van der Waals surface area (Å²) < 4.78 is 0. The fraction of sp³-hybridized carbons (Fsp3) is 0.333. The minimum Gasteiger partial charge on any atom is -0.169 e. The molecule has 1 aliphatic rings. The summed E-state index contributed by atoms with van der Waals surface area (Å²) in [5.41, 5.74) is 10.7. The summed E-state index contributed by atoms with van der Waals surface area (Å²) in [5, 5.41) is 2.66. The van der Waals surface area contributed by atoms with Gasteiger partial charge in [0.2, 0.25) is 0 Å². The van der Waals surface area contributed by atoms with Gasteiger partial charge in [-0.1, -0.05) is 155 Å². The zero-order valence-electron chi connectivity index (χ0n) is 31.3. The maximum Gasteiger partial charge on any atom is -0.00664 e. The lowest BCUT2D eigenvalue weighted by Crippen LogP contribution is -1.90. The predicted molar refractivity (Wildman–Crippen MR) is 219 cm³/mol. The second-order valence-corrected chi connectivity index (χ2v) is 11.3. The predicted octanol–water partition coefficient (Wildman–Crippen LogP) is 14.2. The molecule has 3 aromatic rings. The number of benzene rings is 3. The maximum absolute atomic E-state index is 4.00. The zero-order chi connectivity index (χ0) is 35.9. The molecule has 0 aromatic heterocycles. The van der Waals surface area contributed by atoms with Crippen molar-refractivity contribution in [2.24, 2.45) is 0 Å². The number of hydrogen-bond donors (Lipinski definition) is 0. The fourth-order valence-electron chi connectivity index (χ4n) is 4.22.